The Morgan fingerprint density at radius 2 is 1.93 bits per heavy atom. The fraction of sp³-hybridized carbons (Fsp3) is 0.136. The number of anilines is 1. The van der Waals surface area contributed by atoms with Crippen LogP contribution < -0.4 is 14.8 Å². The number of hydrogen-bond donors (Lipinski definition) is 1. The van der Waals surface area contributed by atoms with Crippen LogP contribution in [0.5, 0.6) is 11.5 Å². The van der Waals surface area contributed by atoms with Gasteiger partial charge in [0.2, 0.25) is 0 Å². The Morgan fingerprint density at radius 3 is 2.60 bits per heavy atom. The third kappa shape index (κ3) is 5.21. The molecule has 0 aliphatic rings. The summed E-state index contributed by atoms with van der Waals surface area (Å²) in [5.41, 5.74) is 1.48. The first kappa shape index (κ1) is 21.0. The predicted molar refractivity (Wildman–Crippen MR) is 113 cm³/mol. The summed E-state index contributed by atoms with van der Waals surface area (Å²) in [6, 6.07) is 13.2. The van der Waals surface area contributed by atoms with Crippen LogP contribution in [0, 0.1) is 17.1 Å². The summed E-state index contributed by atoms with van der Waals surface area (Å²) < 4.78 is 23.4. The van der Waals surface area contributed by atoms with E-state index < -0.39 is 5.91 Å². The fourth-order valence-electron chi connectivity index (χ4n) is 2.67. The lowest BCUT2D eigenvalue weighted by Crippen LogP contribution is -2.13. The van der Waals surface area contributed by atoms with Crippen molar-refractivity contribution in [2.24, 2.45) is 0 Å². The van der Waals surface area contributed by atoms with E-state index in [-0.39, 0.29) is 11.4 Å². The van der Waals surface area contributed by atoms with Gasteiger partial charge < -0.3 is 9.47 Å². The molecule has 0 bridgehead atoms. The molecule has 3 aromatic rings. The number of amides is 1. The van der Waals surface area contributed by atoms with Crippen molar-refractivity contribution in [3.8, 4) is 17.6 Å². The van der Waals surface area contributed by atoms with Crippen molar-refractivity contribution in [3.05, 3.63) is 76.1 Å². The van der Waals surface area contributed by atoms with E-state index in [1.54, 1.807) is 36.5 Å². The molecule has 1 N–H and O–H groups in total. The largest absolute Gasteiger partial charge is 0.493 e. The molecule has 0 atom stereocenters. The van der Waals surface area contributed by atoms with Gasteiger partial charge in [-0.1, -0.05) is 18.2 Å². The Labute approximate surface area is 177 Å². The van der Waals surface area contributed by atoms with Crippen LogP contribution in [0.25, 0.3) is 6.08 Å². The van der Waals surface area contributed by atoms with Crippen molar-refractivity contribution in [3.63, 3.8) is 0 Å². The van der Waals surface area contributed by atoms with Crippen molar-refractivity contribution >= 4 is 28.5 Å². The van der Waals surface area contributed by atoms with E-state index >= 15 is 0 Å². The van der Waals surface area contributed by atoms with E-state index in [2.05, 4.69) is 10.3 Å². The van der Waals surface area contributed by atoms with E-state index in [4.69, 9.17) is 9.47 Å². The minimum atomic E-state index is -0.560. The number of nitrogens with one attached hydrogen (secondary N) is 1. The minimum Gasteiger partial charge on any atom is -0.493 e. The molecule has 8 heteroatoms. The molecule has 0 radical (unpaired) electrons. The Bertz CT molecular complexity index is 1120. The van der Waals surface area contributed by atoms with Crippen LogP contribution in [0.4, 0.5) is 9.52 Å². The van der Waals surface area contributed by atoms with Gasteiger partial charge in [-0.25, -0.2) is 9.37 Å². The summed E-state index contributed by atoms with van der Waals surface area (Å²) in [5, 5.41) is 12.4. The molecular formula is C22H18FN3O3S. The molecule has 2 aromatic carbocycles. The van der Waals surface area contributed by atoms with Crippen molar-refractivity contribution in [1.29, 1.82) is 5.26 Å². The van der Waals surface area contributed by atoms with Gasteiger partial charge in [0.1, 0.15) is 17.5 Å². The molecule has 0 saturated heterocycles. The lowest BCUT2D eigenvalue weighted by atomic mass is 10.1. The highest BCUT2D eigenvalue weighted by Crippen LogP contribution is 2.28. The van der Waals surface area contributed by atoms with Gasteiger partial charge in [0.05, 0.1) is 14.2 Å². The van der Waals surface area contributed by atoms with Gasteiger partial charge >= 0.3 is 0 Å². The Morgan fingerprint density at radius 1 is 1.20 bits per heavy atom. The molecule has 1 heterocycles. The first-order chi connectivity index (χ1) is 14.5. The Balaban J connectivity index is 1.71. The molecule has 0 spiro atoms. The molecule has 1 aromatic heterocycles. The van der Waals surface area contributed by atoms with Gasteiger partial charge in [0.25, 0.3) is 5.91 Å². The zero-order chi connectivity index (χ0) is 21.5. The van der Waals surface area contributed by atoms with Crippen molar-refractivity contribution < 1.29 is 18.7 Å². The van der Waals surface area contributed by atoms with Gasteiger partial charge in [-0.15, -0.1) is 11.3 Å². The van der Waals surface area contributed by atoms with Gasteiger partial charge in [0, 0.05) is 17.5 Å². The monoisotopic (exact) mass is 423 g/mol. The van der Waals surface area contributed by atoms with Crippen molar-refractivity contribution in [2.45, 2.75) is 6.42 Å². The van der Waals surface area contributed by atoms with Crippen LogP contribution in [-0.2, 0) is 11.2 Å². The zero-order valence-electron chi connectivity index (χ0n) is 16.3. The number of carbonyl (C=O) groups is 1. The number of thiazole rings is 1. The molecule has 1 amide bonds. The van der Waals surface area contributed by atoms with Crippen LogP contribution in [0.3, 0.4) is 0 Å². The number of ether oxygens (including phenoxy) is 2. The van der Waals surface area contributed by atoms with E-state index in [1.807, 2.05) is 6.07 Å². The molecule has 0 aliphatic carbocycles. The lowest BCUT2D eigenvalue weighted by molar-refractivity contribution is -0.112. The van der Waals surface area contributed by atoms with E-state index in [1.165, 1.54) is 43.8 Å². The second-order valence-corrected chi connectivity index (χ2v) is 7.29. The minimum absolute atomic E-state index is 0.0718. The molecule has 152 valence electrons. The summed E-state index contributed by atoms with van der Waals surface area (Å²) in [6.45, 7) is 0. The Hall–Kier alpha value is -3.70. The second-order valence-electron chi connectivity index (χ2n) is 6.17. The third-order valence-corrected chi connectivity index (χ3v) is 5.06. The lowest BCUT2D eigenvalue weighted by Gasteiger charge is -2.08. The summed E-state index contributed by atoms with van der Waals surface area (Å²) in [4.78, 5) is 17.6. The molecular weight excluding hydrogens is 405 g/mol. The normalized spacial score (nSPS) is 10.9. The summed E-state index contributed by atoms with van der Waals surface area (Å²) >= 11 is 1.30. The quantitative estimate of drug-likeness (QED) is 0.449. The van der Waals surface area contributed by atoms with Crippen LogP contribution in [0.1, 0.15) is 16.0 Å². The Kier molecular flexibility index (Phi) is 6.78. The number of carbonyl (C=O) groups excluding carboxylic acids is 1. The first-order valence-corrected chi connectivity index (χ1v) is 9.68. The van der Waals surface area contributed by atoms with Gasteiger partial charge in [-0.2, -0.15) is 5.26 Å². The van der Waals surface area contributed by atoms with E-state index in [0.717, 1.165) is 10.4 Å². The zero-order valence-corrected chi connectivity index (χ0v) is 17.1. The maximum atomic E-state index is 13.0. The van der Waals surface area contributed by atoms with E-state index in [9.17, 15) is 14.4 Å². The fourth-order valence-corrected chi connectivity index (χ4v) is 3.51. The molecule has 0 aliphatic heterocycles. The highest BCUT2D eigenvalue weighted by atomic mass is 32.1. The molecule has 30 heavy (non-hydrogen) atoms. The smallest absolute Gasteiger partial charge is 0.268 e. The summed E-state index contributed by atoms with van der Waals surface area (Å²) in [5.74, 6) is 0.194. The van der Waals surface area contributed by atoms with Crippen molar-refractivity contribution in [2.75, 3.05) is 19.5 Å². The number of nitriles is 1. The number of halogens is 1. The number of hydrogen-bond acceptors (Lipinski definition) is 6. The van der Waals surface area contributed by atoms with Crippen LogP contribution in [-0.4, -0.2) is 25.1 Å². The SMILES string of the molecule is COc1ccc(C=C(C#N)C(=O)Nc2ncc(Cc3ccc(F)cc3)s2)cc1OC. The number of aromatic nitrogens is 1. The molecule has 0 saturated carbocycles. The summed E-state index contributed by atoms with van der Waals surface area (Å²) in [6.07, 6.45) is 3.68. The predicted octanol–water partition coefficient (Wildman–Crippen LogP) is 4.44. The standard InChI is InChI=1S/C22H18FN3O3S/c1-28-19-8-5-15(11-20(19)29-2)9-16(12-24)21(27)26-22-25-13-18(30-22)10-14-3-6-17(23)7-4-14/h3-9,11,13H,10H2,1-2H3,(H,25,26,27). The van der Waals surface area contributed by atoms with E-state index in [0.29, 0.717) is 28.6 Å². The number of rotatable bonds is 7. The van der Waals surface area contributed by atoms with Crippen LogP contribution in [0.2, 0.25) is 0 Å². The molecule has 0 fully saturated rings. The molecule has 6 nitrogen and oxygen atoms in total. The van der Waals surface area contributed by atoms with Crippen molar-refractivity contribution in [1.82, 2.24) is 4.98 Å². The van der Waals surface area contributed by atoms with Gasteiger partial charge in [-0.05, 0) is 41.5 Å². The number of benzene rings is 2. The first-order valence-electron chi connectivity index (χ1n) is 8.86. The highest BCUT2D eigenvalue weighted by Gasteiger charge is 2.13. The number of nitrogens with zero attached hydrogens (tertiary/aromatic N) is 2. The van der Waals surface area contributed by atoms with Crippen LogP contribution >= 0.6 is 11.3 Å². The topological polar surface area (TPSA) is 84.2 Å². The van der Waals surface area contributed by atoms with Gasteiger partial charge in [0.15, 0.2) is 16.6 Å². The average molecular weight is 423 g/mol. The third-order valence-electron chi connectivity index (χ3n) is 4.15. The molecule has 3 rings (SSSR count). The number of methoxy groups -OCH3 is 2. The second kappa shape index (κ2) is 9.67. The van der Waals surface area contributed by atoms with Gasteiger partial charge in [-0.3, -0.25) is 10.1 Å². The average Bonchev–Trinajstić information content (AvgIpc) is 3.19. The summed E-state index contributed by atoms with van der Waals surface area (Å²) in [7, 11) is 3.04. The van der Waals surface area contributed by atoms with Crippen LogP contribution in [0.15, 0.2) is 54.2 Å². The highest BCUT2D eigenvalue weighted by molar-refractivity contribution is 7.15. The molecule has 0 unspecified atom stereocenters. The maximum Gasteiger partial charge on any atom is 0.268 e. The maximum absolute atomic E-state index is 13.0.